The van der Waals surface area contributed by atoms with Gasteiger partial charge in [-0.15, -0.1) is 0 Å². The summed E-state index contributed by atoms with van der Waals surface area (Å²) in [5.41, 5.74) is 15.9. The largest absolute Gasteiger partial charge is 0.356 e. The molecule has 2 nitrogen and oxygen atoms in total. The Hall–Kier alpha value is -8.46. The molecule has 0 bridgehead atoms. The van der Waals surface area contributed by atoms with Crippen molar-refractivity contribution >= 4 is 54.7 Å². The van der Waals surface area contributed by atoms with Crippen molar-refractivity contribution < 1.29 is 0 Å². The number of rotatable bonds is 7. The first kappa shape index (κ1) is 38.5. The summed E-state index contributed by atoms with van der Waals surface area (Å²) < 4.78 is 2.33. The molecule has 0 fully saturated rings. The molecular weight excluding hydrogens is 773 g/mol. The summed E-state index contributed by atoms with van der Waals surface area (Å²) in [6.45, 7) is 0. The van der Waals surface area contributed by atoms with Crippen molar-refractivity contribution in [2.24, 2.45) is 0 Å². The Bertz CT molecular complexity index is 3300. The zero-order chi connectivity index (χ0) is 42.7. The van der Waals surface area contributed by atoms with Crippen molar-refractivity contribution in [2.45, 2.75) is 0 Å². The van der Waals surface area contributed by atoms with E-state index in [1.807, 2.05) is 18.2 Å². The summed E-state index contributed by atoms with van der Waals surface area (Å²) in [4.78, 5) is 0. The van der Waals surface area contributed by atoms with Crippen LogP contribution < -0.4 is 5.32 Å². The Morgan fingerprint density at radius 2 is 0.547 bits per heavy atom. The number of aromatic nitrogens is 1. The number of anilines is 2. The minimum Gasteiger partial charge on any atom is -0.356 e. The van der Waals surface area contributed by atoms with Gasteiger partial charge < -0.3 is 9.88 Å². The zero-order valence-corrected chi connectivity index (χ0v) is 35.3. The van der Waals surface area contributed by atoms with Crippen LogP contribution in [0.2, 0.25) is 0 Å². The number of nitrogens with one attached hydrogen (secondary N) is 1. The number of hydrogen-bond acceptors (Lipinski definition) is 1. The number of nitrogens with zero attached hydrogens (tertiary/aromatic N) is 1. The third kappa shape index (κ3) is 7.17. The average molecular weight is 817 g/mol. The maximum Gasteiger partial charge on any atom is 0.0541 e. The van der Waals surface area contributed by atoms with Gasteiger partial charge >= 0.3 is 0 Å². The highest BCUT2D eigenvalue weighted by Gasteiger charge is 2.20. The fraction of sp³-hybridized carbons (Fsp3) is 0. The van der Waals surface area contributed by atoms with E-state index in [1.54, 1.807) is 0 Å². The summed E-state index contributed by atoms with van der Waals surface area (Å²) >= 11 is 0. The number of fused-ring (bicyclic) bond motifs is 5. The molecule has 0 aliphatic carbocycles. The second-order valence-electron chi connectivity index (χ2n) is 16.1. The molecule has 0 spiro atoms. The van der Waals surface area contributed by atoms with E-state index < -0.39 is 0 Å². The predicted molar refractivity (Wildman–Crippen MR) is 274 cm³/mol. The molecule has 1 N–H and O–H groups in total. The first-order valence-electron chi connectivity index (χ1n) is 21.9. The molecule has 0 saturated heterocycles. The van der Waals surface area contributed by atoms with Gasteiger partial charge in [-0.3, -0.25) is 0 Å². The first-order chi connectivity index (χ1) is 31.8. The first-order valence-corrected chi connectivity index (χ1v) is 21.9. The van der Waals surface area contributed by atoms with Gasteiger partial charge in [0.1, 0.15) is 0 Å². The highest BCUT2D eigenvalue weighted by Crippen LogP contribution is 2.47. The van der Waals surface area contributed by atoms with Gasteiger partial charge in [-0.05, 0) is 115 Å². The Kier molecular flexibility index (Phi) is 10.3. The van der Waals surface area contributed by atoms with Gasteiger partial charge in [0.25, 0.3) is 0 Å². The lowest BCUT2D eigenvalue weighted by atomic mass is 9.82. The highest BCUT2D eigenvalue weighted by atomic mass is 15.0. The van der Waals surface area contributed by atoms with Crippen LogP contribution in [0.15, 0.2) is 261 Å². The van der Waals surface area contributed by atoms with E-state index in [2.05, 4.69) is 253 Å². The molecule has 0 unspecified atom stereocenters. The molecule has 2 heteroatoms. The number of para-hydroxylation sites is 3. The molecule has 0 amide bonds. The Morgan fingerprint density at radius 3 is 0.969 bits per heavy atom. The molecule has 12 aromatic rings. The lowest BCUT2D eigenvalue weighted by molar-refractivity contribution is 1.18. The Balaban J connectivity index is 0.000000153. The maximum atomic E-state index is 3.44. The van der Waals surface area contributed by atoms with Crippen molar-refractivity contribution in [3.05, 3.63) is 261 Å². The van der Waals surface area contributed by atoms with Crippen molar-refractivity contribution in [3.8, 4) is 50.2 Å². The molecule has 0 aliphatic heterocycles. The quantitative estimate of drug-likeness (QED) is 0.159. The Labute approximate surface area is 374 Å². The van der Waals surface area contributed by atoms with E-state index >= 15 is 0 Å². The molecule has 0 aliphatic rings. The summed E-state index contributed by atoms with van der Waals surface area (Å²) in [7, 11) is 0. The third-order valence-electron chi connectivity index (χ3n) is 12.3. The molecule has 302 valence electrons. The molecule has 0 saturated carbocycles. The van der Waals surface area contributed by atoms with E-state index in [1.165, 1.54) is 93.5 Å². The third-order valence-corrected chi connectivity index (χ3v) is 12.3. The molecule has 1 heterocycles. The Morgan fingerprint density at radius 1 is 0.234 bits per heavy atom. The maximum absolute atomic E-state index is 3.44. The van der Waals surface area contributed by atoms with Gasteiger partial charge in [-0.25, -0.2) is 0 Å². The second-order valence-corrected chi connectivity index (χ2v) is 16.1. The molecular formula is C62H44N2. The fourth-order valence-electron chi connectivity index (χ4n) is 9.43. The van der Waals surface area contributed by atoms with Gasteiger partial charge in [-0.2, -0.15) is 0 Å². The van der Waals surface area contributed by atoms with Crippen LogP contribution in [0, 0.1) is 0 Å². The van der Waals surface area contributed by atoms with Crippen molar-refractivity contribution in [1.82, 2.24) is 4.57 Å². The van der Waals surface area contributed by atoms with Gasteiger partial charge in [0.15, 0.2) is 0 Å². The molecule has 0 radical (unpaired) electrons. The van der Waals surface area contributed by atoms with Gasteiger partial charge in [0.05, 0.1) is 11.0 Å². The standard InChI is InChI=1S/C38H26.C24H18N2/c1-3-15-27(16-4-1)29-19-7-9-21-31(29)37-33-23-11-13-25-35(33)38(36-26-14-12-24-34(36)37)32-22-10-8-20-30(32)28-17-5-2-6-18-28;1-2-8-18(9-3-1)25-19-14-16-20(17-15-19)26-23-12-6-4-10-21(23)22-11-5-7-13-24(22)26/h1-26H;1-17,25H. The lowest BCUT2D eigenvalue weighted by Gasteiger charge is -2.21. The smallest absolute Gasteiger partial charge is 0.0541 e. The second kappa shape index (κ2) is 17.1. The zero-order valence-electron chi connectivity index (χ0n) is 35.3. The predicted octanol–water partition coefficient (Wildman–Crippen LogP) is 17.2. The monoisotopic (exact) mass is 816 g/mol. The summed E-state index contributed by atoms with van der Waals surface area (Å²) in [6, 6.07) is 92.9. The van der Waals surface area contributed by atoms with E-state index in [0.717, 1.165) is 11.4 Å². The highest BCUT2D eigenvalue weighted by molar-refractivity contribution is 6.23. The van der Waals surface area contributed by atoms with Gasteiger partial charge in [0, 0.05) is 27.8 Å². The summed E-state index contributed by atoms with van der Waals surface area (Å²) in [5, 5.41) is 11.1. The minimum atomic E-state index is 1.08. The van der Waals surface area contributed by atoms with Crippen LogP contribution in [0.1, 0.15) is 0 Å². The summed E-state index contributed by atoms with van der Waals surface area (Å²) in [6.07, 6.45) is 0. The van der Waals surface area contributed by atoms with E-state index in [-0.39, 0.29) is 0 Å². The number of hydrogen-bond donors (Lipinski definition) is 1. The topological polar surface area (TPSA) is 17.0 Å². The normalized spacial score (nSPS) is 11.1. The van der Waals surface area contributed by atoms with E-state index in [9.17, 15) is 0 Å². The fourth-order valence-corrected chi connectivity index (χ4v) is 9.43. The van der Waals surface area contributed by atoms with Crippen LogP contribution >= 0.6 is 0 Å². The van der Waals surface area contributed by atoms with Crippen molar-refractivity contribution in [1.29, 1.82) is 0 Å². The van der Waals surface area contributed by atoms with Crippen LogP contribution in [0.4, 0.5) is 11.4 Å². The molecule has 11 aromatic carbocycles. The number of benzene rings is 11. The molecule has 12 rings (SSSR count). The van der Waals surface area contributed by atoms with Crippen molar-refractivity contribution in [2.75, 3.05) is 5.32 Å². The van der Waals surface area contributed by atoms with Crippen LogP contribution in [-0.2, 0) is 0 Å². The molecule has 64 heavy (non-hydrogen) atoms. The minimum absolute atomic E-state index is 1.08. The molecule has 0 atom stereocenters. The van der Waals surface area contributed by atoms with Crippen LogP contribution in [-0.4, -0.2) is 4.57 Å². The van der Waals surface area contributed by atoms with Crippen molar-refractivity contribution in [3.63, 3.8) is 0 Å². The summed E-state index contributed by atoms with van der Waals surface area (Å²) in [5.74, 6) is 0. The van der Waals surface area contributed by atoms with Crippen LogP contribution in [0.5, 0.6) is 0 Å². The SMILES string of the molecule is c1ccc(-c2ccccc2-c2c3ccccc3c(-c3ccccc3-c3ccccc3)c3ccccc23)cc1.c1ccc(Nc2ccc(-n3c4ccccc4c4ccccc43)cc2)cc1. The molecule has 1 aromatic heterocycles. The van der Waals surface area contributed by atoms with Crippen LogP contribution in [0.25, 0.3) is 93.5 Å². The van der Waals surface area contributed by atoms with E-state index in [0.29, 0.717) is 0 Å². The van der Waals surface area contributed by atoms with E-state index in [4.69, 9.17) is 0 Å². The van der Waals surface area contributed by atoms with Gasteiger partial charge in [-0.1, -0.05) is 212 Å². The average Bonchev–Trinajstić information content (AvgIpc) is 3.71. The van der Waals surface area contributed by atoms with Crippen LogP contribution in [0.3, 0.4) is 0 Å². The lowest BCUT2D eigenvalue weighted by Crippen LogP contribution is -1.95. The van der Waals surface area contributed by atoms with Gasteiger partial charge in [0.2, 0.25) is 0 Å².